The first-order valence-corrected chi connectivity index (χ1v) is 22.3. The van der Waals surface area contributed by atoms with Crippen molar-refractivity contribution in [2.75, 3.05) is 9.80 Å². The zero-order valence-corrected chi connectivity index (χ0v) is 35.5. The first kappa shape index (κ1) is 36.9. The molecule has 0 radical (unpaired) electrons. The maximum atomic E-state index is 2.49. The summed E-state index contributed by atoms with van der Waals surface area (Å²) >= 11 is 0. The average molecular weight is 828 g/mol. The van der Waals surface area contributed by atoms with E-state index in [1.54, 1.807) is 0 Å². The third-order valence-electron chi connectivity index (χ3n) is 13.3. The van der Waals surface area contributed by atoms with Crippen LogP contribution >= 0.6 is 0 Å². The quantitative estimate of drug-likeness (QED) is 0.159. The first-order chi connectivity index (χ1) is 32.3. The Bertz CT molecular complexity index is 3720. The molecule has 12 aromatic rings. The minimum absolute atomic E-state index is 1.11. The van der Waals surface area contributed by atoms with E-state index in [0.717, 1.165) is 39.6 Å². The number of hydrogen-bond donors (Lipinski definition) is 0. The Hall–Kier alpha value is -8.66. The smallest absolute Gasteiger partial charge is 0.0547 e. The minimum Gasteiger partial charge on any atom is -0.311 e. The summed E-state index contributed by atoms with van der Waals surface area (Å²) in [6, 6.07) is 90.7. The molecule has 1 aliphatic heterocycles. The maximum Gasteiger partial charge on any atom is 0.0547 e. The molecule has 0 saturated carbocycles. The summed E-state index contributed by atoms with van der Waals surface area (Å²) in [6.45, 7) is 0. The Morgan fingerprint density at radius 1 is 0.308 bits per heavy atom. The van der Waals surface area contributed by atoms with E-state index in [1.807, 2.05) is 0 Å². The Morgan fingerprint density at radius 3 is 1.69 bits per heavy atom. The second kappa shape index (κ2) is 15.0. The molecule has 0 fully saturated rings. The number of benzene rings is 11. The first-order valence-electron chi connectivity index (χ1n) is 22.3. The summed E-state index contributed by atoms with van der Waals surface area (Å²) in [7, 11) is 0. The summed E-state index contributed by atoms with van der Waals surface area (Å²) in [4.78, 5) is 4.80. The summed E-state index contributed by atoms with van der Waals surface area (Å²) < 4.78 is 2.41. The fraction of sp³-hybridized carbons (Fsp3) is 0. The lowest BCUT2D eigenvalue weighted by Crippen LogP contribution is -2.15. The van der Waals surface area contributed by atoms with E-state index in [9.17, 15) is 0 Å². The van der Waals surface area contributed by atoms with Crippen LogP contribution in [0.5, 0.6) is 0 Å². The van der Waals surface area contributed by atoms with Gasteiger partial charge in [-0.1, -0.05) is 164 Å². The lowest BCUT2D eigenvalue weighted by Gasteiger charge is -2.35. The van der Waals surface area contributed by atoms with Gasteiger partial charge in [0.25, 0.3) is 0 Å². The van der Waals surface area contributed by atoms with Crippen LogP contribution in [0.4, 0.5) is 34.1 Å². The predicted octanol–water partition coefficient (Wildman–Crippen LogP) is 17.3. The van der Waals surface area contributed by atoms with Crippen molar-refractivity contribution >= 4 is 77.5 Å². The van der Waals surface area contributed by atoms with Crippen molar-refractivity contribution in [3.63, 3.8) is 0 Å². The van der Waals surface area contributed by atoms with Gasteiger partial charge in [-0.25, -0.2) is 0 Å². The van der Waals surface area contributed by atoms with Crippen LogP contribution in [0.25, 0.3) is 82.4 Å². The van der Waals surface area contributed by atoms with Crippen LogP contribution in [-0.2, 0) is 0 Å². The Kier molecular flexibility index (Phi) is 8.53. The second-order valence-corrected chi connectivity index (χ2v) is 16.9. The highest BCUT2D eigenvalue weighted by atomic mass is 15.2. The molecule has 0 unspecified atom stereocenters. The molecular formula is C62H41N3. The van der Waals surface area contributed by atoms with Crippen molar-refractivity contribution < 1.29 is 0 Å². The molecular weight excluding hydrogens is 787 g/mol. The lowest BCUT2D eigenvalue weighted by molar-refractivity contribution is 1.18. The summed E-state index contributed by atoms with van der Waals surface area (Å²) in [6.07, 6.45) is 0. The summed E-state index contributed by atoms with van der Waals surface area (Å²) in [5.41, 5.74) is 17.7. The Labute approximate surface area is 377 Å². The number of nitrogens with zero attached hydrogens (tertiary/aromatic N) is 3. The van der Waals surface area contributed by atoms with Gasteiger partial charge in [-0.15, -0.1) is 0 Å². The van der Waals surface area contributed by atoms with Crippen LogP contribution < -0.4 is 9.80 Å². The molecule has 3 nitrogen and oxygen atoms in total. The van der Waals surface area contributed by atoms with Crippen molar-refractivity contribution in [1.29, 1.82) is 0 Å². The molecule has 3 heteroatoms. The largest absolute Gasteiger partial charge is 0.311 e. The lowest BCUT2D eigenvalue weighted by atomic mass is 9.85. The number of para-hydroxylation sites is 4. The monoisotopic (exact) mass is 827 g/mol. The topological polar surface area (TPSA) is 11.4 Å². The van der Waals surface area contributed by atoms with E-state index in [4.69, 9.17) is 0 Å². The van der Waals surface area contributed by atoms with E-state index in [1.165, 1.54) is 77.0 Å². The van der Waals surface area contributed by atoms with Crippen LogP contribution in [0.3, 0.4) is 0 Å². The van der Waals surface area contributed by atoms with Crippen molar-refractivity contribution in [2.24, 2.45) is 0 Å². The van der Waals surface area contributed by atoms with Gasteiger partial charge in [-0.2, -0.15) is 0 Å². The predicted molar refractivity (Wildman–Crippen MR) is 275 cm³/mol. The zero-order valence-electron chi connectivity index (χ0n) is 35.5. The van der Waals surface area contributed by atoms with Crippen LogP contribution in [0.15, 0.2) is 249 Å². The molecule has 0 amide bonds. The number of fused-ring (bicyclic) bond motifs is 7. The highest BCUT2D eigenvalue weighted by molar-refractivity contribution is 6.22. The molecule has 0 spiro atoms. The molecule has 304 valence electrons. The van der Waals surface area contributed by atoms with Gasteiger partial charge >= 0.3 is 0 Å². The fourth-order valence-corrected chi connectivity index (χ4v) is 10.4. The van der Waals surface area contributed by atoms with Gasteiger partial charge in [-0.05, 0) is 129 Å². The average Bonchev–Trinajstić information content (AvgIpc) is 3.71. The third-order valence-corrected chi connectivity index (χ3v) is 13.3. The SMILES string of the molecule is c1ccc(N(c2ccccc2)c2ccc(-c3cccc(N4c5ccc6ccccc6c5-c5cccc6c(-c7ccc8c9ccccc9n(-c9ccccc9)c8c7)ccc4c56)c3)cc2)cc1. The summed E-state index contributed by atoms with van der Waals surface area (Å²) in [5, 5.41) is 7.49. The van der Waals surface area contributed by atoms with Gasteiger partial charge in [0.15, 0.2) is 0 Å². The highest BCUT2D eigenvalue weighted by Crippen LogP contribution is 2.55. The van der Waals surface area contributed by atoms with Gasteiger partial charge < -0.3 is 14.4 Å². The van der Waals surface area contributed by atoms with Gasteiger partial charge in [0.05, 0.1) is 22.4 Å². The van der Waals surface area contributed by atoms with Crippen LogP contribution in [0, 0.1) is 0 Å². The van der Waals surface area contributed by atoms with Crippen molar-refractivity contribution in [1.82, 2.24) is 4.57 Å². The molecule has 0 N–H and O–H groups in total. The third kappa shape index (κ3) is 5.97. The van der Waals surface area contributed by atoms with Gasteiger partial charge in [0.2, 0.25) is 0 Å². The van der Waals surface area contributed by atoms with Gasteiger partial charge in [-0.3, -0.25) is 0 Å². The van der Waals surface area contributed by atoms with E-state index in [2.05, 4.69) is 263 Å². The summed E-state index contributed by atoms with van der Waals surface area (Å²) in [5.74, 6) is 0. The number of anilines is 6. The molecule has 13 rings (SSSR count). The van der Waals surface area contributed by atoms with Crippen LogP contribution in [-0.4, -0.2) is 4.57 Å². The van der Waals surface area contributed by atoms with Crippen molar-refractivity contribution in [3.8, 4) is 39.1 Å². The highest BCUT2D eigenvalue weighted by Gasteiger charge is 2.29. The number of aromatic nitrogens is 1. The molecule has 1 aromatic heterocycles. The van der Waals surface area contributed by atoms with Gasteiger partial charge in [0.1, 0.15) is 0 Å². The Balaban J connectivity index is 0.970. The molecule has 0 atom stereocenters. The molecule has 2 heterocycles. The fourth-order valence-electron chi connectivity index (χ4n) is 10.4. The van der Waals surface area contributed by atoms with E-state index in [0.29, 0.717) is 0 Å². The molecule has 0 saturated heterocycles. The molecule has 0 bridgehead atoms. The number of rotatable bonds is 7. The van der Waals surface area contributed by atoms with E-state index in [-0.39, 0.29) is 0 Å². The standard InChI is InChI=1S/C62H41N3/c1-4-18-46(19-5-1)63(47-20-6-2-7-21-47)49-34-30-42(31-35-49)44-17-14-24-50(40-44)65-58-38-33-43-16-10-11-25-52(43)61(58)56-28-15-27-55-51(37-39-59(65)62(55)56)45-32-36-54-53-26-12-13-29-57(53)64(60(54)41-45)48-22-8-3-9-23-48/h1-41H. The van der Waals surface area contributed by atoms with Crippen LogP contribution in [0.1, 0.15) is 0 Å². The van der Waals surface area contributed by atoms with E-state index < -0.39 is 0 Å². The molecule has 1 aliphatic rings. The van der Waals surface area contributed by atoms with Crippen molar-refractivity contribution in [2.45, 2.75) is 0 Å². The zero-order chi connectivity index (χ0) is 42.8. The molecule has 0 aliphatic carbocycles. The number of hydrogen-bond acceptors (Lipinski definition) is 2. The normalized spacial score (nSPS) is 12.0. The Morgan fingerprint density at radius 2 is 0.908 bits per heavy atom. The van der Waals surface area contributed by atoms with Crippen LogP contribution in [0.2, 0.25) is 0 Å². The second-order valence-electron chi connectivity index (χ2n) is 16.9. The molecule has 11 aromatic carbocycles. The van der Waals surface area contributed by atoms with Gasteiger partial charge in [0, 0.05) is 50.2 Å². The van der Waals surface area contributed by atoms with Crippen molar-refractivity contribution in [3.05, 3.63) is 249 Å². The molecule has 65 heavy (non-hydrogen) atoms. The van der Waals surface area contributed by atoms with E-state index >= 15 is 0 Å². The maximum absolute atomic E-state index is 2.49. The minimum atomic E-state index is 1.11.